The van der Waals surface area contributed by atoms with Crippen molar-refractivity contribution in [1.29, 1.82) is 0 Å². The molecule has 26 heavy (non-hydrogen) atoms. The van der Waals surface area contributed by atoms with Gasteiger partial charge in [-0.15, -0.1) is 0 Å². The normalized spacial score (nSPS) is 10.4. The van der Waals surface area contributed by atoms with Crippen molar-refractivity contribution >= 4 is 17.5 Å². The zero-order valence-electron chi connectivity index (χ0n) is 14.7. The van der Waals surface area contributed by atoms with E-state index in [9.17, 15) is 9.59 Å². The van der Waals surface area contributed by atoms with Crippen molar-refractivity contribution in [3.8, 4) is 0 Å². The Morgan fingerprint density at radius 1 is 1.08 bits per heavy atom. The van der Waals surface area contributed by atoms with E-state index < -0.39 is 0 Å². The number of benzene rings is 2. The van der Waals surface area contributed by atoms with Crippen LogP contribution in [0.25, 0.3) is 0 Å². The van der Waals surface area contributed by atoms with Crippen LogP contribution in [0.3, 0.4) is 0 Å². The summed E-state index contributed by atoms with van der Waals surface area (Å²) in [5.74, 6) is -0.418. The smallest absolute Gasteiger partial charge is 0.256 e. The van der Waals surface area contributed by atoms with Crippen LogP contribution in [-0.2, 0) is 13.6 Å². The maximum absolute atomic E-state index is 12.8. The lowest BCUT2D eigenvalue weighted by Gasteiger charge is -2.18. The number of rotatable bonds is 5. The number of aryl methyl sites for hydroxylation is 1. The molecule has 0 bridgehead atoms. The van der Waals surface area contributed by atoms with Gasteiger partial charge in [0.2, 0.25) is 0 Å². The molecule has 132 valence electrons. The van der Waals surface area contributed by atoms with Gasteiger partial charge in [-0.05, 0) is 24.3 Å². The van der Waals surface area contributed by atoms with Crippen LogP contribution in [0, 0.1) is 0 Å². The highest BCUT2D eigenvalue weighted by atomic mass is 16.2. The number of nitrogens with zero attached hydrogens (tertiary/aromatic N) is 3. The Kier molecular flexibility index (Phi) is 5.12. The molecule has 6 nitrogen and oxygen atoms in total. The van der Waals surface area contributed by atoms with Gasteiger partial charge in [-0.2, -0.15) is 5.10 Å². The zero-order valence-corrected chi connectivity index (χ0v) is 14.7. The first kappa shape index (κ1) is 17.4. The van der Waals surface area contributed by atoms with E-state index in [0.29, 0.717) is 23.4 Å². The van der Waals surface area contributed by atoms with E-state index in [2.05, 4.69) is 10.4 Å². The molecular weight excluding hydrogens is 328 g/mol. The SMILES string of the molecule is CN(Cc1cnn(C)c1)C(=O)c1ccccc1NC(=O)c1ccccc1. The third kappa shape index (κ3) is 3.97. The molecule has 0 saturated heterocycles. The summed E-state index contributed by atoms with van der Waals surface area (Å²) in [5.41, 5.74) is 2.42. The molecule has 0 fully saturated rings. The first-order valence-electron chi connectivity index (χ1n) is 8.23. The van der Waals surface area contributed by atoms with E-state index in [1.54, 1.807) is 71.4 Å². The zero-order chi connectivity index (χ0) is 18.5. The highest BCUT2D eigenvalue weighted by molar-refractivity contribution is 6.08. The highest BCUT2D eigenvalue weighted by Crippen LogP contribution is 2.19. The summed E-state index contributed by atoms with van der Waals surface area (Å²) in [6, 6.07) is 15.9. The van der Waals surface area contributed by atoms with E-state index >= 15 is 0 Å². The minimum absolute atomic E-state index is 0.169. The summed E-state index contributed by atoms with van der Waals surface area (Å²) < 4.78 is 1.70. The van der Waals surface area contributed by atoms with Crippen LogP contribution < -0.4 is 5.32 Å². The molecule has 0 unspecified atom stereocenters. The Balaban J connectivity index is 1.77. The fourth-order valence-corrected chi connectivity index (χ4v) is 2.67. The second-order valence-electron chi connectivity index (χ2n) is 6.05. The summed E-state index contributed by atoms with van der Waals surface area (Å²) in [6.45, 7) is 0.438. The molecule has 0 saturated carbocycles. The Morgan fingerprint density at radius 3 is 2.46 bits per heavy atom. The average Bonchev–Trinajstić information content (AvgIpc) is 3.07. The molecule has 1 aromatic heterocycles. The quantitative estimate of drug-likeness (QED) is 0.771. The Bertz CT molecular complexity index is 918. The van der Waals surface area contributed by atoms with Gasteiger partial charge in [0.25, 0.3) is 11.8 Å². The van der Waals surface area contributed by atoms with Crippen molar-refractivity contribution < 1.29 is 9.59 Å². The number of anilines is 1. The number of hydrogen-bond donors (Lipinski definition) is 1. The first-order chi connectivity index (χ1) is 12.5. The van der Waals surface area contributed by atoms with Crippen LogP contribution in [0.15, 0.2) is 67.0 Å². The van der Waals surface area contributed by atoms with Crippen molar-refractivity contribution in [3.05, 3.63) is 83.7 Å². The summed E-state index contributed by atoms with van der Waals surface area (Å²) in [7, 11) is 3.56. The average molecular weight is 348 g/mol. The van der Waals surface area contributed by atoms with Gasteiger partial charge in [0.15, 0.2) is 0 Å². The Hall–Kier alpha value is -3.41. The van der Waals surface area contributed by atoms with Crippen LogP contribution in [-0.4, -0.2) is 33.5 Å². The topological polar surface area (TPSA) is 67.2 Å². The number of para-hydroxylation sites is 1. The maximum Gasteiger partial charge on any atom is 0.256 e. The van der Waals surface area contributed by atoms with Gasteiger partial charge in [0.05, 0.1) is 17.4 Å². The van der Waals surface area contributed by atoms with Gasteiger partial charge >= 0.3 is 0 Å². The molecule has 1 heterocycles. The lowest BCUT2D eigenvalue weighted by atomic mass is 10.1. The van der Waals surface area contributed by atoms with E-state index in [-0.39, 0.29) is 11.8 Å². The standard InChI is InChI=1S/C20H20N4O2/c1-23(13-15-12-21-24(2)14-15)20(26)17-10-6-7-11-18(17)22-19(25)16-8-4-3-5-9-16/h3-12,14H,13H2,1-2H3,(H,22,25). The predicted molar refractivity (Wildman–Crippen MR) is 99.8 cm³/mol. The van der Waals surface area contributed by atoms with Crippen LogP contribution >= 0.6 is 0 Å². The number of hydrogen-bond acceptors (Lipinski definition) is 3. The molecule has 0 aliphatic heterocycles. The molecule has 3 aromatic rings. The van der Waals surface area contributed by atoms with Crippen molar-refractivity contribution in [1.82, 2.24) is 14.7 Å². The fourth-order valence-electron chi connectivity index (χ4n) is 2.67. The van der Waals surface area contributed by atoms with Gasteiger partial charge < -0.3 is 10.2 Å². The van der Waals surface area contributed by atoms with Crippen molar-refractivity contribution in [2.45, 2.75) is 6.54 Å². The van der Waals surface area contributed by atoms with E-state index in [1.807, 2.05) is 19.3 Å². The summed E-state index contributed by atoms with van der Waals surface area (Å²) >= 11 is 0. The summed E-state index contributed by atoms with van der Waals surface area (Å²) in [5, 5.41) is 6.94. The molecule has 0 aliphatic carbocycles. The molecule has 0 radical (unpaired) electrons. The van der Waals surface area contributed by atoms with Gasteiger partial charge in [0, 0.05) is 38.0 Å². The van der Waals surface area contributed by atoms with E-state index in [4.69, 9.17) is 0 Å². The van der Waals surface area contributed by atoms with E-state index in [0.717, 1.165) is 5.56 Å². The van der Waals surface area contributed by atoms with E-state index in [1.165, 1.54) is 0 Å². The molecule has 0 atom stereocenters. The van der Waals surface area contributed by atoms with Crippen molar-refractivity contribution in [2.24, 2.45) is 7.05 Å². The third-order valence-corrected chi connectivity index (χ3v) is 3.97. The molecule has 2 aromatic carbocycles. The lowest BCUT2D eigenvalue weighted by Crippen LogP contribution is -2.27. The largest absolute Gasteiger partial charge is 0.337 e. The van der Waals surface area contributed by atoms with Gasteiger partial charge in [-0.3, -0.25) is 14.3 Å². The Morgan fingerprint density at radius 2 is 1.77 bits per heavy atom. The fraction of sp³-hybridized carbons (Fsp3) is 0.150. The molecular formula is C20H20N4O2. The van der Waals surface area contributed by atoms with Crippen molar-refractivity contribution in [3.63, 3.8) is 0 Å². The lowest BCUT2D eigenvalue weighted by molar-refractivity contribution is 0.0786. The monoisotopic (exact) mass is 348 g/mol. The third-order valence-electron chi connectivity index (χ3n) is 3.97. The molecule has 6 heteroatoms. The number of carbonyl (C=O) groups is 2. The Labute approximate surface area is 152 Å². The second-order valence-corrected chi connectivity index (χ2v) is 6.05. The molecule has 3 rings (SSSR count). The number of amides is 2. The van der Waals surface area contributed by atoms with Crippen LogP contribution in [0.4, 0.5) is 5.69 Å². The number of aromatic nitrogens is 2. The summed E-state index contributed by atoms with van der Waals surface area (Å²) in [6.07, 6.45) is 3.60. The number of carbonyl (C=O) groups excluding carboxylic acids is 2. The molecule has 0 aliphatic rings. The van der Waals surface area contributed by atoms with Crippen LogP contribution in [0.1, 0.15) is 26.3 Å². The molecule has 1 N–H and O–H groups in total. The minimum atomic E-state index is -0.249. The van der Waals surface area contributed by atoms with Gasteiger partial charge in [-0.1, -0.05) is 30.3 Å². The van der Waals surface area contributed by atoms with Crippen molar-refractivity contribution in [2.75, 3.05) is 12.4 Å². The second kappa shape index (κ2) is 7.65. The van der Waals surface area contributed by atoms with Gasteiger partial charge in [-0.25, -0.2) is 0 Å². The van der Waals surface area contributed by atoms with Gasteiger partial charge in [0.1, 0.15) is 0 Å². The highest BCUT2D eigenvalue weighted by Gasteiger charge is 2.18. The molecule has 0 spiro atoms. The molecule has 2 amide bonds. The minimum Gasteiger partial charge on any atom is -0.337 e. The number of nitrogens with one attached hydrogen (secondary N) is 1. The first-order valence-corrected chi connectivity index (χ1v) is 8.23. The van der Waals surface area contributed by atoms with Crippen LogP contribution in [0.2, 0.25) is 0 Å². The predicted octanol–water partition coefficient (Wildman–Crippen LogP) is 2.94. The maximum atomic E-state index is 12.8. The van der Waals surface area contributed by atoms with Crippen LogP contribution in [0.5, 0.6) is 0 Å². The summed E-state index contributed by atoms with van der Waals surface area (Å²) in [4.78, 5) is 26.8.